The molecule has 1 rings (SSSR count). The summed E-state index contributed by atoms with van der Waals surface area (Å²) in [6, 6.07) is 1.87. The van der Waals surface area contributed by atoms with E-state index in [0.29, 0.717) is 5.69 Å². The Bertz CT molecular complexity index is 415. The van der Waals surface area contributed by atoms with E-state index in [1.807, 2.05) is 13.0 Å². The van der Waals surface area contributed by atoms with E-state index >= 15 is 0 Å². The molecule has 2 atom stereocenters. The summed E-state index contributed by atoms with van der Waals surface area (Å²) in [5.74, 6) is 0. The average molecular weight is 222 g/mol. The predicted molar refractivity (Wildman–Crippen MR) is 58.7 cm³/mol. The molecule has 86 valence electrons. The summed E-state index contributed by atoms with van der Waals surface area (Å²) in [6.45, 7) is 3.53. The summed E-state index contributed by atoms with van der Waals surface area (Å²) >= 11 is 0. The first-order valence-corrected chi connectivity index (χ1v) is 4.86. The third-order valence-electron chi connectivity index (χ3n) is 2.23. The molecular formula is C10H14N4O2. The van der Waals surface area contributed by atoms with Crippen LogP contribution in [0.1, 0.15) is 22.9 Å². The van der Waals surface area contributed by atoms with Gasteiger partial charge in [-0.15, -0.1) is 0 Å². The van der Waals surface area contributed by atoms with Gasteiger partial charge in [-0.1, -0.05) is 11.2 Å². The molecule has 1 aromatic heterocycles. The standard InChI is InChI=1S/C10H14N4O2/c1-6-3-7(2)9(12-4-6)10(16)8(15)5-13-14-11/h3-4,8,10,15-16H,5H2,1-2H3. The van der Waals surface area contributed by atoms with Crippen LogP contribution in [0, 0.1) is 13.8 Å². The first-order valence-electron chi connectivity index (χ1n) is 4.86. The molecule has 6 nitrogen and oxygen atoms in total. The average Bonchev–Trinajstić information content (AvgIpc) is 2.25. The van der Waals surface area contributed by atoms with Crippen molar-refractivity contribution in [2.75, 3.05) is 6.54 Å². The minimum Gasteiger partial charge on any atom is -0.390 e. The summed E-state index contributed by atoms with van der Waals surface area (Å²) in [6.07, 6.45) is -0.651. The van der Waals surface area contributed by atoms with Crippen molar-refractivity contribution in [2.45, 2.75) is 26.1 Å². The van der Waals surface area contributed by atoms with Crippen LogP contribution in [-0.2, 0) is 0 Å². The molecule has 0 aliphatic rings. The molecule has 1 aromatic rings. The Labute approximate surface area is 93.2 Å². The Morgan fingerprint density at radius 3 is 2.75 bits per heavy atom. The zero-order valence-corrected chi connectivity index (χ0v) is 9.20. The van der Waals surface area contributed by atoms with Crippen molar-refractivity contribution in [1.82, 2.24) is 4.98 Å². The Morgan fingerprint density at radius 1 is 1.50 bits per heavy atom. The molecule has 2 unspecified atom stereocenters. The first kappa shape index (κ1) is 12.4. The molecule has 0 saturated heterocycles. The van der Waals surface area contributed by atoms with E-state index in [1.54, 1.807) is 13.1 Å². The lowest BCUT2D eigenvalue weighted by Crippen LogP contribution is -2.22. The number of azide groups is 1. The van der Waals surface area contributed by atoms with Crippen LogP contribution in [-0.4, -0.2) is 27.8 Å². The topological polar surface area (TPSA) is 102 Å². The lowest BCUT2D eigenvalue weighted by Gasteiger charge is -2.17. The number of hydrogen-bond acceptors (Lipinski definition) is 4. The highest BCUT2D eigenvalue weighted by atomic mass is 16.3. The van der Waals surface area contributed by atoms with Crippen molar-refractivity contribution < 1.29 is 10.2 Å². The largest absolute Gasteiger partial charge is 0.390 e. The Hall–Kier alpha value is -1.62. The number of hydrogen-bond donors (Lipinski definition) is 2. The van der Waals surface area contributed by atoms with Crippen LogP contribution >= 0.6 is 0 Å². The minimum absolute atomic E-state index is 0.174. The van der Waals surface area contributed by atoms with E-state index in [1.165, 1.54) is 0 Å². The zero-order chi connectivity index (χ0) is 12.1. The molecule has 0 aromatic carbocycles. The van der Waals surface area contributed by atoms with Gasteiger partial charge in [0.15, 0.2) is 0 Å². The van der Waals surface area contributed by atoms with Gasteiger partial charge in [0.1, 0.15) is 6.10 Å². The number of rotatable bonds is 4. The Kier molecular flexibility index (Phi) is 4.25. The van der Waals surface area contributed by atoms with Crippen LogP contribution in [0.4, 0.5) is 0 Å². The quantitative estimate of drug-likeness (QED) is 0.457. The van der Waals surface area contributed by atoms with Crippen molar-refractivity contribution in [3.05, 3.63) is 39.5 Å². The second-order valence-electron chi connectivity index (χ2n) is 3.64. The number of pyridine rings is 1. The van der Waals surface area contributed by atoms with Gasteiger partial charge in [-0.05, 0) is 30.5 Å². The van der Waals surface area contributed by atoms with Crippen molar-refractivity contribution in [3.8, 4) is 0 Å². The monoisotopic (exact) mass is 222 g/mol. The van der Waals surface area contributed by atoms with Crippen LogP contribution < -0.4 is 0 Å². The number of aliphatic hydroxyl groups is 2. The first-order chi connectivity index (χ1) is 7.56. The summed E-state index contributed by atoms with van der Waals surface area (Å²) < 4.78 is 0. The molecule has 2 N–H and O–H groups in total. The van der Waals surface area contributed by atoms with Gasteiger partial charge >= 0.3 is 0 Å². The maximum absolute atomic E-state index is 9.79. The lowest BCUT2D eigenvalue weighted by atomic mass is 10.0. The van der Waals surface area contributed by atoms with Gasteiger partial charge in [0.2, 0.25) is 0 Å². The second-order valence-corrected chi connectivity index (χ2v) is 3.64. The second kappa shape index (κ2) is 5.46. The molecule has 16 heavy (non-hydrogen) atoms. The van der Waals surface area contributed by atoms with E-state index in [2.05, 4.69) is 15.0 Å². The maximum atomic E-state index is 9.79. The summed E-state index contributed by atoms with van der Waals surface area (Å²) in [7, 11) is 0. The molecule has 0 bridgehead atoms. The van der Waals surface area contributed by atoms with Crippen molar-refractivity contribution in [2.24, 2.45) is 5.11 Å². The fourth-order valence-corrected chi connectivity index (χ4v) is 1.44. The Morgan fingerprint density at radius 2 is 2.19 bits per heavy atom. The van der Waals surface area contributed by atoms with E-state index in [0.717, 1.165) is 11.1 Å². The van der Waals surface area contributed by atoms with Crippen molar-refractivity contribution in [1.29, 1.82) is 0 Å². The minimum atomic E-state index is -1.13. The van der Waals surface area contributed by atoms with Gasteiger partial charge in [-0.3, -0.25) is 4.98 Å². The Balaban J connectivity index is 2.86. The van der Waals surface area contributed by atoms with Crippen LogP contribution in [0.15, 0.2) is 17.4 Å². The number of aryl methyl sites for hydroxylation is 2. The van der Waals surface area contributed by atoms with E-state index < -0.39 is 12.2 Å². The predicted octanol–water partition coefficient (Wildman–Crippen LogP) is 1.40. The highest BCUT2D eigenvalue weighted by Crippen LogP contribution is 2.19. The molecule has 0 radical (unpaired) electrons. The SMILES string of the molecule is Cc1cnc(C(O)C(O)CN=[N+]=[N-])c(C)c1. The smallest absolute Gasteiger partial charge is 0.122 e. The fourth-order valence-electron chi connectivity index (χ4n) is 1.44. The van der Waals surface area contributed by atoms with Crippen molar-refractivity contribution in [3.63, 3.8) is 0 Å². The van der Waals surface area contributed by atoms with Crippen LogP contribution in [0.2, 0.25) is 0 Å². The van der Waals surface area contributed by atoms with Gasteiger partial charge in [0.05, 0.1) is 18.3 Å². The third kappa shape index (κ3) is 2.93. The molecule has 0 fully saturated rings. The van der Waals surface area contributed by atoms with E-state index in [9.17, 15) is 10.2 Å². The molecule has 0 aliphatic heterocycles. The molecule has 0 aliphatic carbocycles. The zero-order valence-electron chi connectivity index (χ0n) is 9.20. The van der Waals surface area contributed by atoms with Crippen LogP contribution in [0.25, 0.3) is 10.4 Å². The molecule has 0 amide bonds. The fraction of sp³-hybridized carbons (Fsp3) is 0.500. The molecular weight excluding hydrogens is 208 g/mol. The molecule has 0 saturated carbocycles. The normalized spacial score (nSPS) is 14.0. The van der Waals surface area contributed by atoms with Gasteiger partial charge < -0.3 is 10.2 Å². The molecule has 1 heterocycles. The molecule has 6 heteroatoms. The highest BCUT2D eigenvalue weighted by molar-refractivity contribution is 5.25. The van der Waals surface area contributed by atoms with Crippen LogP contribution in [0.5, 0.6) is 0 Å². The van der Waals surface area contributed by atoms with E-state index in [4.69, 9.17) is 5.53 Å². The molecule has 0 spiro atoms. The highest BCUT2D eigenvalue weighted by Gasteiger charge is 2.20. The van der Waals surface area contributed by atoms with E-state index in [-0.39, 0.29) is 6.54 Å². The third-order valence-corrected chi connectivity index (χ3v) is 2.23. The maximum Gasteiger partial charge on any atom is 0.122 e. The summed E-state index contributed by atoms with van der Waals surface area (Å²) in [4.78, 5) is 6.58. The van der Waals surface area contributed by atoms with Gasteiger partial charge in [-0.25, -0.2) is 0 Å². The number of aliphatic hydroxyl groups excluding tert-OH is 2. The van der Waals surface area contributed by atoms with Crippen LogP contribution in [0.3, 0.4) is 0 Å². The van der Waals surface area contributed by atoms with Gasteiger partial charge in [-0.2, -0.15) is 0 Å². The number of nitrogens with zero attached hydrogens (tertiary/aromatic N) is 4. The van der Waals surface area contributed by atoms with Crippen molar-refractivity contribution >= 4 is 0 Å². The lowest BCUT2D eigenvalue weighted by molar-refractivity contribution is 0.0213. The number of aromatic nitrogens is 1. The van der Waals surface area contributed by atoms with Gasteiger partial charge in [0.25, 0.3) is 0 Å². The summed E-state index contributed by atoms with van der Waals surface area (Å²) in [5, 5.41) is 22.5. The summed E-state index contributed by atoms with van der Waals surface area (Å²) in [5.41, 5.74) is 10.3. The van der Waals surface area contributed by atoms with Gasteiger partial charge in [0, 0.05) is 11.1 Å².